The van der Waals surface area contributed by atoms with Gasteiger partial charge in [0.1, 0.15) is 0 Å². The maximum Gasteiger partial charge on any atom is 0.310 e. The van der Waals surface area contributed by atoms with E-state index in [0.717, 1.165) is 32.7 Å². The van der Waals surface area contributed by atoms with Crippen LogP contribution < -0.4 is 5.32 Å². The molecule has 0 bridgehead atoms. The molecule has 0 aliphatic carbocycles. The third-order valence-corrected chi connectivity index (χ3v) is 4.08. The predicted octanol–water partition coefficient (Wildman–Crippen LogP) is 0.812. The number of rotatable bonds is 3. The smallest absolute Gasteiger partial charge is 0.310 e. The molecule has 4 nitrogen and oxygen atoms in total. The van der Waals surface area contributed by atoms with Crippen molar-refractivity contribution in [1.82, 2.24) is 5.32 Å². The zero-order valence-electron chi connectivity index (χ0n) is 10.1. The molecule has 2 rings (SSSR count). The lowest BCUT2D eigenvalue weighted by molar-refractivity contribution is -0.152. The van der Waals surface area contributed by atoms with Gasteiger partial charge in [-0.1, -0.05) is 6.92 Å². The highest BCUT2D eigenvalue weighted by Gasteiger charge is 2.49. The van der Waals surface area contributed by atoms with E-state index in [0.29, 0.717) is 12.5 Å². The van der Waals surface area contributed by atoms with Crippen molar-refractivity contribution in [3.05, 3.63) is 0 Å². The second kappa shape index (κ2) is 4.72. The summed E-state index contributed by atoms with van der Waals surface area (Å²) in [6, 6.07) is 0. The average Bonchev–Trinajstić information content (AvgIpc) is 2.86. The van der Waals surface area contributed by atoms with E-state index in [-0.39, 0.29) is 17.3 Å². The standard InChI is InChI=1S/C12H21NO3/c1-3-16-11(14)10-6-13-8-12(10,2)9-4-5-15-7-9/h9-10,13H,3-8H2,1-2H3. The van der Waals surface area contributed by atoms with Gasteiger partial charge in [-0.3, -0.25) is 4.79 Å². The van der Waals surface area contributed by atoms with Crippen molar-refractivity contribution in [3.8, 4) is 0 Å². The van der Waals surface area contributed by atoms with Crippen molar-refractivity contribution in [1.29, 1.82) is 0 Å². The van der Waals surface area contributed by atoms with Gasteiger partial charge in [-0.25, -0.2) is 0 Å². The van der Waals surface area contributed by atoms with Gasteiger partial charge >= 0.3 is 5.97 Å². The Labute approximate surface area is 96.7 Å². The van der Waals surface area contributed by atoms with E-state index in [1.807, 2.05) is 6.92 Å². The fourth-order valence-corrected chi connectivity index (χ4v) is 2.92. The second-order valence-electron chi connectivity index (χ2n) is 5.00. The van der Waals surface area contributed by atoms with Crippen LogP contribution in [0.4, 0.5) is 0 Å². The average molecular weight is 227 g/mol. The number of ether oxygens (including phenoxy) is 2. The molecule has 1 N–H and O–H groups in total. The first-order chi connectivity index (χ1) is 7.68. The molecule has 0 aromatic heterocycles. The first-order valence-electron chi connectivity index (χ1n) is 6.13. The van der Waals surface area contributed by atoms with Crippen molar-refractivity contribution in [3.63, 3.8) is 0 Å². The summed E-state index contributed by atoms with van der Waals surface area (Å²) < 4.78 is 10.6. The Morgan fingerprint density at radius 1 is 1.62 bits per heavy atom. The van der Waals surface area contributed by atoms with Gasteiger partial charge in [0.05, 0.1) is 19.1 Å². The summed E-state index contributed by atoms with van der Waals surface area (Å²) in [6.45, 7) is 7.76. The molecule has 0 radical (unpaired) electrons. The number of carbonyl (C=O) groups is 1. The third-order valence-electron chi connectivity index (χ3n) is 4.08. The molecule has 0 aromatic rings. The molecule has 0 amide bonds. The third kappa shape index (κ3) is 1.96. The van der Waals surface area contributed by atoms with Crippen LogP contribution in [-0.2, 0) is 14.3 Å². The van der Waals surface area contributed by atoms with E-state index < -0.39 is 0 Å². The Kier molecular flexibility index (Phi) is 3.50. The van der Waals surface area contributed by atoms with Crippen molar-refractivity contribution in [2.24, 2.45) is 17.3 Å². The van der Waals surface area contributed by atoms with Crippen molar-refractivity contribution in [2.45, 2.75) is 20.3 Å². The van der Waals surface area contributed by atoms with Gasteiger partial charge in [0.25, 0.3) is 0 Å². The Morgan fingerprint density at radius 2 is 2.44 bits per heavy atom. The Balaban J connectivity index is 2.08. The monoisotopic (exact) mass is 227 g/mol. The summed E-state index contributed by atoms with van der Waals surface area (Å²) in [4.78, 5) is 11.9. The predicted molar refractivity (Wildman–Crippen MR) is 60.0 cm³/mol. The molecule has 3 atom stereocenters. The van der Waals surface area contributed by atoms with Gasteiger partial charge in [-0.15, -0.1) is 0 Å². The van der Waals surface area contributed by atoms with E-state index in [2.05, 4.69) is 12.2 Å². The molecular formula is C12H21NO3. The number of hydrogen-bond acceptors (Lipinski definition) is 4. The summed E-state index contributed by atoms with van der Waals surface area (Å²) in [6.07, 6.45) is 1.06. The first-order valence-corrected chi connectivity index (χ1v) is 6.13. The molecule has 2 heterocycles. The fraction of sp³-hybridized carbons (Fsp3) is 0.917. The minimum Gasteiger partial charge on any atom is -0.466 e. The van der Waals surface area contributed by atoms with Gasteiger partial charge in [-0.05, 0) is 24.7 Å². The van der Waals surface area contributed by atoms with Crippen molar-refractivity contribution in [2.75, 3.05) is 32.9 Å². The summed E-state index contributed by atoms with van der Waals surface area (Å²) in [5.74, 6) is 0.415. The summed E-state index contributed by atoms with van der Waals surface area (Å²) in [5.41, 5.74) is 0.00273. The lowest BCUT2D eigenvalue weighted by Gasteiger charge is -2.34. The molecule has 4 heteroatoms. The molecule has 0 spiro atoms. The van der Waals surface area contributed by atoms with Crippen LogP contribution in [0, 0.1) is 17.3 Å². The highest BCUT2D eigenvalue weighted by atomic mass is 16.5. The van der Waals surface area contributed by atoms with Crippen LogP contribution in [0.25, 0.3) is 0 Å². The van der Waals surface area contributed by atoms with E-state index in [9.17, 15) is 4.79 Å². The van der Waals surface area contributed by atoms with Crippen LogP contribution in [0.1, 0.15) is 20.3 Å². The molecule has 2 aliphatic heterocycles. The quantitative estimate of drug-likeness (QED) is 0.725. The Bertz CT molecular complexity index is 263. The fourth-order valence-electron chi connectivity index (χ4n) is 2.92. The molecule has 92 valence electrons. The molecule has 2 aliphatic rings. The molecule has 3 unspecified atom stereocenters. The van der Waals surface area contributed by atoms with E-state index >= 15 is 0 Å². The van der Waals surface area contributed by atoms with Gasteiger partial charge < -0.3 is 14.8 Å². The normalized spacial score (nSPS) is 38.9. The molecule has 2 fully saturated rings. The summed E-state index contributed by atoms with van der Waals surface area (Å²) in [5, 5.41) is 3.32. The maximum absolute atomic E-state index is 11.9. The summed E-state index contributed by atoms with van der Waals surface area (Å²) >= 11 is 0. The molecule has 2 saturated heterocycles. The van der Waals surface area contributed by atoms with Crippen LogP contribution >= 0.6 is 0 Å². The van der Waals surface area contributed by atoms with Crippen LogP contribution in [0.5, 0.6) is 0 Å². The first kappa shape index (κ1) is 11.9. The number of carbonyl (C=O) groups excluding carboxylic acids is 1. The highest BCUT2D eigenvalue weighted by Crippen LogP contribution is 2.42. The van der Waals surface area contributed by atoms with E-state index in [1.165, 1.54) is 0 Å². The van der Waals surface area contributed by atoms with Crippen LogP contribution in [0.15, 0.2) is 0 Å². The van der Waals surface area contributed by atoms with Crippen molar-refractivity contribution >= 4 is 5.97 Å². The van der Waals surface area contributed by atoms with Crippen LogP contribution in [0.3, 0.4) is 0 Å². The minimum absolute atomic E-state index is 0.00273. The van der Waals surface area contributed by atoms with Crippen molar-refractivity contribution < 1.29 is 14.3 Å². The van der Waals surface area contributed by atoms with Gasteiger partial charge in [0.15, 0.2) is 0 Å². The lowest BCUT2D eigenvalue weighted by Crippen LogP contribution is -2.40. The zero-order valence-corrected chi connectivity index (χ0v) is 10.1. The number of esters is 1. The maximum atomic E-state index is 11.9. The SMILES string of the molecule is CCOC(=O)C1CNCC1(C)C1CCOC1. The number of nitrogens with one attached hydrogen (secondary N) is 1. The molecule has 0 saturated carbocycles. The van der Waals surface area contributed by atoms with E-state index in [4.69, 9.17) is 9.47 Å². The largest absolute Gasteiger partial charge is 0.466 e. The zero-order chi connectivity index (χ0) is 11.6. The van der Waals surface area contributed by atoms with Gasteiger partial charge in [0.2, 0.25) is 0 Å². The minimum atomic E-state index is -0.0538. The van der Waals surface area contributed by atoms with Crippen LogP contribution in [-0.4, -0.2) is 38.9 Å². The molecule has 0 aromatic carbocycles. The Hall–Kier alpha value is -0.610. The lowest BCUT2D eigenvalue weighted by atomic mass is 9.69. The second-order valence-corrected chi connectivity index (χ2v) is 5.00. The van der Waals surface area contributed by atoms with Gasteiger partial charge in [-0.2, -0.15) is 0 Å². The highest BCUT2D eigenvalue weighted by molar-refractivity contribution is 5.74. The summed E-state index contributed by atoms with van der Waals surface area (Å²) in [7, 11) is 0. The van der Waals surface area contributed by atoms with Crippen LogP contribution in [0.2, 0.25) is 0 Å². The molecular weight excluding hydrogens is 206 g/mol. The number of hydrogen-bond donors (Lipinski definition) is 1. The van der Waals surface area contributed by atoms with E-state index in [1.54, 1.807) is 0 Å². The Morgan fingerprint density at radius 3 is 3.06 bits per heavy atom. The van der Waals surface area contributed by atoms with Gasteiger partial charge in [0, 0.05) is 19.7 Å². The topological polar surface area (TPSA) is 47.6 Å². The molecule has 16 heavy (non-hydrogen) atoms.